The molecule has 0 atom stereocenters. The number of pyridine rings is 1. The number of carbonyl (C=O) groups is 1. The molecule has 6 heteroatoms. The molecule has 2 heterocycles. The van der Waals surface area contributed by atoms with E-state index >= 15 is 0 Å². The van der Waals surface area contributed by atoms with E-state index in [0.29, 0.717) is 25.2 Å². The molecule has 0 spiro atoms. The number of halogens is 1. The lowest BCUT2D eigenvalue weighted by Gasteiger charge is -2.32. The van der Waals surface area contributed by atoms with Crippen molar-refractivity contribution in [1.82, 2.24) is 9.88 Å². The Morgan fingerprint density at radius 2 is 1.92 bits per heavy atom. The van der Waals surface area contributed by atoms with Crippen molar-refractivity contribution in [3.8, 4) is 5.75 Å². The smallest absolute Gasteiger partial charge is 0.253 e. The molecule has 0 saturated carbocycles. The summed E-state index contributed by atoms with van der Waals surface area (Å²) in [4.78, 5) is 18.6. The van der Waals surface area contributed by atoms with E-state index in [2.05, 4.69) is 4.98 Å². The van der Waals surface area contributed by atoms with Crippen LogP contribution in [0.15, 0.2) is 48.7 Å². The molecule has 128 valence electrons. The van der Waals surface area contributed by atoms with Crippen LogP contribution in [0.25, 0.3) is 0 Å². The Kier molecular flexibility index (Phi) is 6.58. The van der Waals surface area contributed by atoms with Crippen LogP contribution in [0.1, 0.15) is 28.9 Å². The van der Waals surface area contributed by atoms with Gasteiger partial charge in [0.05, 0.1) is 5.69 Å². The first-order valence-electron chi connectivity index (χ1n) is 7.92. The number of rotatable bonds is 4. The second-order valence-electron chi connectivity index (χ2n) is 5.66. The minimum absolute atomic E-state index is 0. The van der Waals surface area contributed by atoms with Crippen molar-refractivity contribution in [2.45, 2.75) is 25.5 Å². The second kappa shape index (κ2) is 8.66. The third-order valence-electron chi connectivity index (χ3n) is 4.05. The fourth-order valence-electron chi connectivity index (χ4n) is 2.77. The first kappa shape index (κ1) is 18.2. The first-order chi connectivity index (χ1) is 11.3. The van der Waals surface area contributed by atoms with Gasteiger partial charge >= 0.3 is 0 Å². The molecule has 24 heavy (non-hydrogen) atoms. The van der Waals surface area contributed by atoms with Crippen LogP contribution in [0.5, 0.6) is 5.75 Å². The predicted molar refractivity (Wildman–Crippen MR) is 95.4 cm³/mol. The minimum Gasteiger partial charge on any atom is -0.490 e. The monoisotopic (exact) mass is 347 g/mol. The summed E-state index contributed by atoms with van der Waals surface area (Å²) in [6.07, 6.45) is 3.49. The number of carbonyl (C=O) groups excluding carboxylic acids is 1. The molecule has 1 fully saturated rings. The number of ether oxygens (including phenoxy) is 1. The SMILES string of the molecule is Cl.NCc1cc(C(=O)N2CCC(Oc3ccccc3)CC2)ccn1. The van der Waals surface area contributed by atoms with E-state index in [9.17, 15) is 4.79 Å². The average molecular weight is 348 g/mol. The van der Waals surface area contributed by atoms with Crippen LogP contribution < -0.4 is 10.5 Å². The summed E-state index contributed by atoms with van der Waals surface area (Å²) < 4.78 is 5.96. The van der Waals surface area contributed by atoms with Gasteiger partial charge in [0.25, 0.3) is 5.91 Å². The van der Waals surface area contributed by atoms with Crippen LogP contribution in [-0.4, -0.2) is 35.0 Å². The number of hydrogen-bond acceptors (Lipinski definition) is 4. The first-order valence-corrected chi connectivity index (χ1v) is 7.92. The Labute approximate surface area is 148 Å². The van der Waals surface area contributed by atoms with E-state index in [1.165, 1.54) is 0 Å². The molecule has 3 rings (SSSR count). The number of nitrogens with zero attached hydrogens (tertiary/aromatic N) is 2. The maximum atomic E-state index is 12.5. The van der Waals surface area contributed by atoms with E-state index in [1.807, 2.05) is 35.2 Å². The molecule has 2 N–H and O–H groups in total. The minimum atomic E-state index is 0. The quantitative estimate of drug-likeness (QED) is 0.923. The highest BCUT2D eigenvalue weighted by Crippen LogP contribution is 2.20. The zero-order valence-electron chi connectivity index (χ0n) is 13.4. The van der Waals surface area contributed by atoms with Crippen LogP contribution in [-0.2, 0) is 6.54 Å². The Morgan fingerprint density at radius 3 is 2.58 bits per heavy atom. The van der Waals surface area contributed by atoms with Crippen molar-refractivity contribution in [3.05, 3.63) is 59.9 Å². The third kappa shape index (κ3) is 4.46. The summed E-state index contributed by atoms with van der Waals surface area (Å²) in [6.45, 7) is 1.75. The number of nitrogens with two attached hydrogens (primary N) is 1. The third-order valence-corrected chi connectivity index (χ3v) is 4.05. The largest absolute Gasteiger partial charge is 0.490 e. The summed E-state index contributed by atoms with van der Waals surface area (Å²) in [5.74, 6) is 0.930. The van der Waals surface area contributed by atoms with Gasteiger partial charge < -0.3 is 15.4 Å². The van der Waals surface area contributed by atoms with Crippen LogP contribution in [0, 0.1) is 0 Å². The van der Waals surface area contributed by atoms with E-state index in [1.54, 1.807) is 18.3 Å². The van der Waals surface area contributed by atoms with Gasteiger partial charge in [-0.15, -0.1) is 12.4 Å². The Hall–Kier alpha value is -2.11. The molecule has 1 aromatic heterocycles. The zero-order chi connectivity index (χ0) is 16.1. The van der Waals surface area contributed by atoms with E-state index in [0.717, 1.165) is 24.3 Å². The van der Waals surface area contributed by atoms with E-state index < -0.39 is 0 Å². The van der Waals surface area contributed by atoms with E-state index in [4.69, 9.17) is 10.5 Å². The number of likely N-dealkylation sites (tertiary alicyclic amines) is 1. The van der Waals surface area contributed by atoms with Gasteiger partial charge in [-0.3, -0.25) is 9.78 Å². The summed E-state index contributed by atoms with van der Waals surface area (Å²) in [7, 11) is 0. The van der Waals surface area contributed by atoms with Crippen molar-refractivity contribution in [1.29, 1.82) is 0 Å². The number of piperidine rings is 1. The molecule has 1 aliphatic heterocycles. The van der Waals surface area contributed by atoms with Gasteiger partial charge in [0, 0.05) is 44.2 Å². The van der Waals surface area contributed by atoms with Crippen molar-refractivity contribution in [2.24, 2.45) is 5.73 Å². The molecule has 0 bridgehead atoms. The lowest BCUT2D eigenvalue weighted by atomic mass is 10.1. The number of benzene rings is 1. The van der Waals surface area contributed by atoms with Crippen LogP contribution in [0.2, 0.25) is 0 Å². The molecule has 1 aromatic carbocycles. The fraction of sp³-hybridized carbons (Fsp3) is 0.333. The number of amides is 1. The molecule has 0 aliphatic carbocycles. The van der Waals surface area contributed by atoms with Gasteiger partial charge in [0.1, 0.15) is 11.9 Å². The number of hydrogen-bond donors (Lipinski definition) is 1. The number of aromatic nitrogens is 1. The normalized spacial score (nSPS) is 14.8. The maximum Gasteiger partial charge on any atom is 0.253 e. The standard InChI is InChI=1S/C18H21N3O2.ClH/c19-13-15-12-14(6-9-20-15)18(22)21-10-7-17(8-11-21)23-16-4-2-1-3-5-16;/h1-6,9,12,17H,7-8,10-11,13,19H2;1H. The van der Waals surface area contributed by atoms with Gasteiger partial charge in [-0.2, -0.15) is 0 Å². The van der Waals surface area contributed by atoms with Crippen molar-refractivity contribution < 1.29 is 9.53 Å². The Balaban J connectivity index is 0.00000208. The molecule has 5 nitrogen and oxygen atoms in total. The highest BCUT2D eigenvalue weighted by Gasteiger charge is 2.24. The second-order valence-corrected chi connectivity index (χ2v) is 5.66. The van der Waals surface area contributed by atoms with Crippen LogP contribution in [0.3, 0.4) is 0 Å². The molecule has 2 aromatic rings. The molecular weight excluding hydrogens is 326 g/mol. The van der Waals surface area contributed by atoms with Gasteiger partial charge in [0.2, 0.25) is 0 Å². The van der Waals surface area contributed by atoms with Crippen molar-refractivity contribution >= 4 is 18.3 Å². The summed E-state index contributed by atoms with van der Waals surface area (Å²) in [5.41, 5.74) is 6.97. The Morgan fingerprint density at radius 1 is 1.21 bits per heavy atom. The van der Waals surface area contributed by atoms with Gasteiger partial charge in [0.15, 0.2) is 0 Å². The molecule has 1 aliphatic rings. The molecule has 1 amide bonds. The van der Waals surface area contributed by atoms with Crippen LogP contribution >= 0.6 is 12.4 Å². The average Bonchev–Trinajstić information content (AvgIpc) is 2.63. The lowest BCUT2D eigenvalue weighted by molar-refractivity contribution is 0.0595. The molecular formula is C18H22ClN3O2. The Bertz CT molecular complexity index is 658. The van der Waals surface area contributed by atoms with E-state index in [-0.39, 0.29) is 24.4 Å². The predicted octanol–water partition coefficient (Wildman–Crippen LogP) is 2.65. The van der Waals surface area contributed by atoms with Crippen LogP contribution in [0.4, 0.5) is 0 Å². The fourth-order valence-corrected chi connectivity index (χ4v) is 2.77. The van der Waals surface area contributed by atoms with Gasteiger partial charge in [-0.25, -0.2) is 0 Å². The molecule has 0 unspecified atom stereocenters. The maximum absolute atomic E-state index is 12.5. The molecule has 1 saturated heterocycles. The topological polar surface area (TPSA) is 68.5 Å². The lowest BCUT2D eigenvalue weighted by Crippen LogP contribution is -2.41. The van der Waals surface area contributed by atoms with Gasteiger partial charge in [-0.1, -0.05) is 18.2 Å². The summed E-state index contributed by atoms with van der Waals surface area (Å²) in [5, 5.41) is 0. The highest BCUT2D eigenvalue weighted by molar-refractivity contribution is 5.94. The number of para-hydroxylation sites is 1. The molecule has 0 radical (unpaired) electrons. The summed E-state index contributed by atoms with van der Waals surface area (Å²) in [6, 6.07) is 13.3. The van der Waals surface area contributed by atoms with Gasteiger partial charge in [-0.05, 0) is 24.3 Å². The van der Waals surface area contributed by atoms with Crippen molar-refractivity contribution in [2.75, 3.05) is 13.1 Å². The zero-order valence-corrected chi connectivity index (χ0v) is 14.2. The summed E-state index contributed by atoms with van der Waals surface area (Å²) >= 11 is 0. The highest BCUT2D eigenvalue weighted by atomic mass is 35.5. The van der Waals surface area contributed by atoms with Crippen molar-refractivity contribution in [3.63, 3.8) is 0 Å².